The van der Waals surface area contributed by atoms with E-state index in [0.29, 0.717) is 5.56 Å². The smallest absolute Gasteiger partial charge is 0.266 e. The van der Waals surface area contributed by atoms with E-state index in [2.05, 4.69) is 20.3 Å². The summed E-state index contributed by atoms with van der Waals surface area (Å²) < 4.78 is 30.1. The molecule has 0 amide bonds. The first-order valence-electron chi connectivity index (χ1n) is 10.2. The van der Waals surface area contributed by atoms with Gasteiger partial charge in [-0.2, -0.15) is 20.5 Å². The van der Waals surface area contributed by atoms with Gasteiger partial charge in [0.1, 0.15) is 40.4 Å². The van der Waals surface area contributed by atoms with Crippen LogP contribution >= 0.6 is 0 Å². The number of fused-ring (bicyclic) bond motifs is 1. The fourth-order valence-electron chi connectivity index (χ4n) is 3.71. The number of aryl methyl sites for hydroxylation is 1. The van der Waals surface area contributed by atoms with Crippen molar-refractivity contribution in [2.75, 3.05) is 16.8 Å². The lowest BCUT2D eigenvalue weighted by molar-refractivity contribution is 0.622. The molecule has 4 rings (SSSR count). The molecule has 0 bridgehead atoms. The Balaban J connectivity index is 2.03. The van der Waals surface area contributed by atoms with Gasteiger partial charge in [0.05, 0.1) is 28.7 Å². The van der Waals surface area contributed by atoms with Crippen LogP contribution in [0.2, 0.25) is 0 Å². The largest absolute Gasteiger partial charge is 0.382 e. The SMILES string of the molecule is Cc1ccc(F)c2nc(C(C)Nc3nc(N)nc(N)c3C#N)n(-c3cc(F)cc(C#N)c3)c(=O)c12. The van der Waals surface area contributed by atoms with Crippen molar-refractivity contribution in [3.05, 3.63) is 74.8 Å². The Morgan fingerprint density at radius 1 is 1.09 bits per heavy atom. The zero-order valence-corrected chi connectivity index (χ0v) is 18.5. The molecule has 10 nitrogen and oxygen atoms in total. The predicted octanol–water partition coefficient (Wildman–Crippen LogP) is 2.84. The number of nitriles is 2. The van der Waals surface area contributed by atoms with Crippen molar-refractivity contribution in [1.82, 2.24) is 19.5 Å². The van der Waals surface area contributed by atoms with Gasteiger partial charge in [-0.05, 0) is 43.7 Å². The van der Waals surface area contributed by atoms with E-state index in [1.807, 2.05) is 12.1 Å². The van der Waals surface area contributed by atoms with Crippen LogP contribution in [0.5, 0.6) is 0 Å². The summed E-state index contributed by atoms with van der Waals surface area (Å²) in [7, 11) is 0. The van der Waals surface area contributed by atoms with E-state index < -0.39 is 23.2 Å². The van der Waals surface area contributed by atoms with E-state index in [4.69, 9.17) is 11.5 Å². The molecule has 0 spiro atoms. The normalized spacial score (nSPS) is 11.6. The van der Waals surface area contributed by atoms with Crippen molar-refractivity contribution >= 4 is 28.5 Å². The monoisotopic (exact) mass is 473 g/mol. The van der Waals surface area contributed by atoms with Gasteiger partial charge in [0.2, 0.25) is 5.95 Å². The molecule has 0 saturated heterocycles. The highest BCUT2D eigenvalue weighted by Crippen LogP contribution is 2.27. The Morgan fingerprint density at radius 3 is 2.51 bits per heavy atom. The molecule has 0 aliphatic carbocycles. The summed E-state index contributed by atoms with van der Waals surface area (Å²) in [6.07, 6.45) is 0. The lowest BCUT2D eigenvalue weighted by Gasteiger charge is -2.21. The van der Waals surface area contributed by atoms with Gasteiger partial charge in [0.25, 0.3) is 5.56 Å². The highest BCUT2D eigenvalue weighted by Gasteiger charge is 2.23. The van der Waals surface area contributed by atoms with Crippen molar-refractivity contribution in [3.8, 4) is 17.8 Å². The molecule has 35 heavy (non-hydrogen) atoms. The molecule has 5 N–H and O–H groups in total. The molecule has 2 aromatic carbocycles. The second-order valence-electron chi connectivity index (χ2n) is 7.68. The third-order valence-electron chi connectivity index (χ3n) is 5.29. The molecule has 0 aliphatic heterocycles. The number of nitrogens with two attached hydrogens (primary N) is 2. The molecule has 0 fully saturated rings. The van der Waals surface area contributed by atoms with Gasteiger partial charge in [0.15, 0.2) is 5.82 Å². The fourth-order valence-corrected chi connectivity index (χ4v) is 3.71. The number of aromatic nitrogens is 4. The number of benzene rings is 2. The Bertz CT molecular complexity index is 1650. The fraction of sp³-hybridized carbons (Fsp3) is 0.130. The lowest BCUT2D eigenvalue weighted by atomic mass is 10.1. The van der Waals surface area contributed by atoms with Gasteiger partial charge in [-0.1, -0.05) is 6.07 Å². The van der Waals surface area contributed by atoms with Crippen LogP contribution in [0.25, 0.3) is 16.6 Å². The number of anilines is 3. The lowest BCUT2D eigenvalue weighted by Crippen LogP contribution is -2.28. The molecule has 1 unspecified atom stereocenters. The minimum atomic E-state index is -0.901. The average molecular weight is 473 g/mol. The minimum Gasteiger partial charge on any atom is -0.382 e. The maximum atomic E-state index is 14.7. The molecule has 174 valence electrons. The maximum Gasteiger partial charge on any atom is 0.266 e. The molecule has 1 atom stereocenters. The van der Waals surface area contributed by atoms with Crippen LogP contribution in [0.1, 0.15) is 35.5 Å². The Hall–Kier alpha value is -5.10. The van der Waals surface area contributed by atoms with Crippen LogP contribution < -0.4 is 22.3 Å². The maximum absolute atomic E-state index is 14.7. The molecule has 0 aliphatic rings. The van der Waals surface area contributed by atoms with Crippen molar-refractivity contribution < 1.29 is 8.78 Å². The molecule has 12 heteroatoms. The van der Waals surface area contributed by atoms with Crippen LogP contribution in [0, 0.1) is 41.2 Å². The van der Waals surface area contributed by atoms with Gasteiger partial charge >= 0.3 is 0 Å². The summed E-state index contributed by atoms with van der Waals surface area (Å²) in [4.78, 5) is 25.7. The quantitative estimate of drug-likeness (QED) is 0.403. The molecular formula is C23H17F2N9O. The molecule has 0 radical (unpaired) electrons. The van der Waals surface area contributed by atoms with E-state index in [1.165, 1.54) is 18.2 Å². The summed E-state index contributed by atoms with van der Waals surface area (Å²) in [5, 5.41) is 21.7. The minimum absolute atomic E-state index is 0.00282. The molecule has 0 saturated carbocycles. The van der Waals surface area contributed by atoms with E-state index >= 15 is 0 Å². The Morgan fingerprint density at radius 2 is 1.83 bits per heavy atom. The summed E-state index contributed by atoms with van der Waals surface area (Å²) in [6.45, 7) is 3.19. The zero-order chi connectivity index (χ0) is 25.4. The van der Waals surface area contributed by atoms with Crippen molar-refractivity contribution in [1.29, 1.82) is 10.5 Å². The number of nitrogen functional groups attached to an aromatic ring is 2. The highest BCUT2D eigenvalue weighted by atomic mass is 19.1. The summed E-state index contributed by atoms with van der Waals surface area (Å²) in [6, 6.07) is 8.81. The third kappa shape index (κ3) is 4.05. The second-order valence-corrected chi connectivity index (χ2v) is 7.68. The van der Waals surface area contributed by atoms with Crippen molar-refractivity contribution in [2.24, 2.45) is 0 Å². The number of nitrogens with one attached hydrogen (secondary N) is 1. The first-order valence-corrected chi connectivity index (χ1v) is 10.2. The summed E-state index contributed by atoms with van der Waals surface area (Å²) in [5.41, 5.74) is 10.9. The predicted molar refractivity (Wildman–Crippen MR) is 124 cm³/mol. The van der Waals surface area contributed by atoms with Crippen LogP contribution in [0.3, 0.4) is 0 Å². The Kier molecular flexibility index (Phi) is 5.72. The standard InChI is InChI=1S/C23H17F2N9O/c1-10-3-4-16(25)18-17(10)22(35)34(14-6-12(8-26)5-13(24)7-14)21(31-18)11(2)30-20-15(9-27)19(28)32-23(29)33-20/h3-7,11H,1-2H3,(H5,28,29,30,32,33). The average Bonchev–Trinajstić information content (AvgIpc) is 2.80. The van der Waals surface area contributed by atoms with Gasteiger partial charge in [-0.25, -0.2) is 13.8 Å². The Labute approximate surface area is 197 Å². The first-order chi connectivity index (χ1) is 16.6. The van der Waals surface area contributed by atoms with Gasteiger partial charge in [0, 0.05) is 0 Å². The number of hydrogen-bond acceptors (Lipinski definition) is 9. The summed E-state index contributed by atoms with van der Waals surface area (Å²) >= 11 is 0. The molecule has 4 aromatic rings. The number of hydrogen-bond donors (Lipinski definition) is 3. The molecule has 2 heterocycles. The second kappa shape index (κ2) is 8.68. The van der Waals surface area contributed by atoms with Gasteiger partial charge < -0.3 is 16.8 Å². The van der Waals surface area contributed by atoms with Crippen LogP contribution in [0.15, 0.2) is 35.1 Å². The number of halogens is 2. The van der Waals surface area contributed by atoms with Crippen LogP contribution in [0.4, 0.5) is 26.4 Å². The van der Waals surface area contributed by atoms with Crippen molar-refractivity contribution in [2.45, 2.75) is 19.9 Å². The van der Waals surface area contributed by atoms with Crippen molar-refractivity contribution in [3.63, 3.8) is 0 Å². The van der Waals surface area contributed by atoms with Gasteiger partial charge in [-0.15, -0.1) is 0 Å². The van der Waals surface area contributed by atoms with Crippen LogP contribution in [-0.4, -0.2) is 19.5 Å². The first kappa shape index (κ1) is 23.1. The molecular weight excluding hydrogens is 456 g/mol. The highest BCUT2D eigenvalue weighted by molar-refractivity contribution is 5.82. The van der Waals surface area contributed by atoms with E-state index in [-0.39, 0.29) is 51.1 Å². The number of rotatable bonds is 4. The zero-order valence-electron chi connectivity index (χ0n) is 18.5. The summed E-state index contributed by atoms with van der Waals surface area (Å²) in [5.74, 6) is -1.92. The van der Waals surface area contributed by atoms with E-state index in [9.17, 15) is 24.1 Å². The topological polar surface area (TPSA) is 172 Å². The van der Waals surface area contributed by atoms with Gasteiger partial charge in [-0.3, -0.25) is 9.36 Å². The van der Waals surface area contributed by atoms with E-state index in [0.717, 1.165) is 16.7 Å². The molecule has 2 aromatic heterocycles. The third-order valence-corrected chi connectivity index (χ3v) is 5.29. The van der Waals surface area contributed by atoms with E-state index in [1.54, 1.807) is 13.8 Å². The van der Waals surface area contributed by atoms with Crippen LogP contribution in [-0.2, 0) is 0 Å². The number of nitrogens with zero attached hydrogens (tertiary/aromatic N) is 6.